The Hall–Kier alpha value is -1.63. The number of likely N-dealkylation sites (tertiary alicyclic amines) is 1. The molecular formula is C12H21N5O2. The van der Waals surface area contributed by atoms with Crippen LogP contribution in [0.5, 0.6) is 0 Å². The Kier molecular flexibility index (Phi) is 4.73. The molecule has 1 aromatic heterocycles. The first-order chi connectivity index (χ1) is 9.20. The van der Waals surface area contributed by atoms with E-state index in [0.29, 0.717) is 12.6 Å². The zero-order chi connectivity index (χ0) is 13.7. The van der Waals surface area contributed by atoms with Crippen molar-refractivity contribution in [2.75, 3.05) is 19.7 Å². The third-order valence-corrected chi connectivity index (χ3v) is 3.35. The summed E-state index contributed by atoms with van der Waals surface area (Å²) in [5.41, 5.74) is 0. The topological polar surface area (TPSA) is 83.1 Å². The van der Waals surface area contributed by atoms with E-state index in [-0.39, 0.29) is 12.1 Å². The first-order valence-electron chi connectivity index (χ1n) is 6.73. The van der Waals surface area contributed by atoms with Crippen molar-refractivity contribution in [3.8, 4) is 0 Å². The largest absolute Gasteiger partial charge is 0.450 e. The van der Waals surface area contributed by atoms with Crippen molar-refractivity contribution in [2.45, 2.75) is 38.8 Å². The Morgan fingerprint density at radius 3 is 2.95 bits per heavy atom. The maximum Gasteiger partial charge on any atom is 0.409 e. The lowest BCUT2D eigenvalue weighted by molar-refractivity contribution is 0.0943. The number of aromatic amines is 1. The van der Waals surface area contributed by atoms with Crippen LogP contribution in [0.15, 0.2) is 6.33 Å². The maximum atomic E-state index is 11.6. The van der Waals surface area contributed by atoms with Crippen LogP contribution < -0.4 is 5.32 Å². The molecule has 2 rings (SSSR count). The van der Waals surface area contributed by atoms with Gasteiger partial charge >= 0.3 is 6.09 Å². The van der Waals surface area contributed by atoms with E-state index in [4.69, 9.17) is 4.74 Å². The summed E-state index contributed by atoms with van der Waals surface area (Å²) in [4.78, 5) is 17.5. The van der Waals surface area contributed by atoms with Gasteiger partial charge in [0, 0.05) is 19.1 Å². The summed E-state index contributed by atoms with van der Waals surface area (Å²) < 4.78 is 5.00. The molecule has 2 heterocycles. The molecule has 0 radical (unpaired) electrons. The van der Waals surface area contributed by atoms with Gasteiger partial charge in [0.2, 0.25) is 0 Å². The molecule has 0 aromatic carbocycles. The quantitative estimate of drug-likeness (QED) is 0.852. The van der Waals surface area contributed by atoms with Crippen molar-refractivity contribution in [1.29, 1.82) is 0 Å². The van der Waals surface area contributed by atoms with Gasteiger partial charge in [-0.25, -0.2) is 9.78 Å². The second-order valence-electron chi connectivity index (χ2n) is 4.72. The summed E-state index contributed by atoms with van der Waals surface area (Å²) in [5, 5.41) is 10.2. The molecule has 1 unspecified atom stereocenters. The maximum absolute atomic E-state index is 11.6. The van der Waals surface area contributed by atoms with Gasteiger partial charge < -0.3 is 15.0 Å². The molecule has 1 aliphatic heterocycles. The monoisotopic (exact) mass is 267 g/mol. The lowest BCUT2D eigenvalue weighted by Crippen LogP contribution is -2.45. The van der Waals surface area contributed by atoms with E-state index in [1.165, 1.54) is 6.33 Å². The number of nitrogens with one attached hydrogen (secondary N) is 2. The van der Waals surface area contributed by atoms with Crippen molar-refractivity contribution >= 4 is 6.09 Å². The Balaban J connectivity index is 1.76. The molecule has 19 heavy (non-hydrogen) atoms. The van der Waals surface area contributed by atoms with Gasteiger partial charge in [0.1, 0.15) is 12.2 Å². The normalized spacial score (nSPS) is 18.3. The predicted octanol–water partition coefficient (Wildman–Crippen LogP) is 1.08. The molecule has 0 saturated carbocycles. The van der Waals surface area contributed by atoms with Gasteiger partial charge in [-0.3, -0.25) is 5.10 Å². The molecule has 1 aromatic rings. The van der Waals surface area contributed by atoms with Crippen LogP contribution in [0.3, 0.4) is 0 Å². The van der Waals surface area contributed by atoms with E-state index < -0.39 is 0 Å². The van der Waals surface area contributed by atoms with Crippen molar-refractivity contribution in [1.82, 2.24) is 25.4 Å². The summed E-state index contributed by atoms with van der Waals surface area (Å²) in [7, 11) is 0. The number of piperidine rings is 1. The molecule has 7 heteroatoms. The van der Waals surface area contributed by atoms with Gasteiger partial charge in [0.05, 0.1) is 12.6 Å². The average molecular weight is 267 g/mol. The second-order valence-corrected chi connectivity index (χ2v) is 4.72. The van der Waals surface area contributed by atoms with Gasteiger partial charge in [-0.1, -0.05) is 0 Å². The number of hydrogen-bond donors (Lipinski definition) is 2. The minimum absolute atomic E-state index is 0.140. The van der Waals surface area contributed by atoms with E-state index in [9.17, 15) is 4.79 Å². The highest BCUT2D eigenvalue weighted by molar-refractivity contribution is 5.67. The number of carbonyl (C=O) groups is 1. The molecule has 2 N–H and O–H groups in total. The molecule has 1 fully saturated rings. The smallest absolute Gasteiger partial charge is 0.409 e. The Morgan fingerprint density at radius 1 is 1.63 bits per heavy atom. The lowest BCUT2D eigenvalue weighted by Gasteiger charge is -2.32. The number of amides is 1. The van der Waals surface area contributed by atoms with Crippen LogP contribution in [-0.2, 0) is 4.74 Å². The van der Waals surface area contributed by atoms with Gasteiger partial charge in [-0.15, -0.1) is 0 Å². The van der Waals surface area contributed by atoms with Gasteiger partial charge in [0.15, 0.2) is 0 Å². The fraction of sp³-hybridized carbons (Fsp3) is 0.750. The average Bonchev–Trinajstić information content (AvgIpc) is 2.94. The Bertz CT molecular complexity index is 387. The zero-order valence-corrected chi connectivity index (χ0v) is 11.4. The molecule has 106 valence electrons. The second kappa shape index (κ2) is 6.51. The highest BCUT2D eigenvalue weighted by Crippen LogP contribution is 2.15. The van der Waals surface area contributed by atoms with Crippen LogP contribution in [-0.4, -0.2) is 51.9 Å². The summed E-state index contributed by atoms with van der Waals surface area (Å²) >= 11 is 0. The number of H-pyrrole nitrogens is 1. The minimum Gasteiger partial charge on any atom is -0.450 e. The van der Waals surface area contributed by atoms with Crippen LogP contribution >= 0.6 is 0 Å². The van der Waals surface area contributed by atoms with Crippen LogP contribution in [0.2, 0.25) is 0 Å². The summed E-state index contributed by atoms with van der Waals surface area (Å²) in [6, 6.07) is 0.535. The third-order valence-electron chi connectivity index (χ3n) is 3.35. The van der Waals surface area contributed by atoms with Crippen molar-refractivity contribution in [2.24, 2.45) is 0 Å². The summed E-state index contributed by atoms with van der Waals surface area (Å²) in [6.45, 7) is 5.78. The highest BCUT2D eigenvalue weighted by atomic mass is 16.6. The zero-order valence-electron chi connectivity index (χ0n) is 11.4. The Morgan fingerprint density at radius 2 is 2.37 bits per heavy atom. The van der Waals surface area contributed by atoms with Crippen LogP contribution in [0.1, 0.15) is 38.6 Å². The van der Waals surface area contributed by atoms with Crippen molar-refractivity contribution < 1.29 is 9.53 Å². The SMILES string of the molecule is CCOC(=O)N1CCC(NC(C)c2ncn[nH]2)CC1. The molecule has 0 bridgehead atoms. The van der Waals surface area contributed by atoms with E-state index in [1.807, 2.05) is 6.92 Å². The first-order valence-corrected chi connectivity index (χ1v) is 6.73. The number of carbonyl (C=O) groups excluding carboxylic acids is 1. The van der Waals surface area contributed by atoms with Crippen LogP contribution in [0.25, 0.3) is 0 Å². The minimum atomic E-state index is -0.204. The molecule has 1 saturated heterocycles. The van der Waals surface area contributed by atoms with E-state index in [1.54, 1.807) is 4.90 Å². The molecule has 1 atom stereocenters. The number of nitrogens with zero attached hydrogens (tertiary/aromatic N) is 3. The van der Waals surface area contributed by atoms with Crippen LogP contribution in [0.4, 0.5) is 4.79 Å². The van der Waals surface area contributed by atoms with E-state index in [2.05, 4.69) is 27.4 Å². The van der Waals surface area contributed by atoms with Crippen molar-refractivity contribution in [3.05, 3.63) is 12.2 Å². The highest BCUT2D eigenvalue weighted by Gasteiger charge is 2.24. The number of rotatable bonds is 4. The van der Waals surface area contributed by atoms with E-state index >= 15 is 0 Å². The molecule has 1 aliphatic rings. The molecular weight excluding hydrogens is 246 g/mol. The third kappa shape index (κ3) is 3.66. The lowest BCUT2D eigenvalue weighted by atomic mass is 10.0. The molecule has 1 amide bonds. The number of aromatic nitrogens is 3. The van der Waals surface area contributed by atoms with Crippen LogP contribution in [0, 0.1) is 0 Å². The van der Waals surface area contributed by atoms with E-state index in [0.717, 1.165) is 31.8 Å². The van der Waals surface area contributed by atoms with Gasteiger partial charge in [-0.2, -0.15) is 5.10 Å². The predicted molar refractivity (Wildman–Crippen MR) is 69.6 cm³/mol. The molecule has 0 aliphatic carbocycles. The van der Waals surface area contributed by atoms with Gasteiger partial charge in [0.25, 0.3) is 0 Å². The fourth-order valence-corrected chi connectivity index (χ4v) is 2.30. The number of hydrogen-bond acceptors (Lipinski definition) is 5. The Labute approximate surface area is 112 Å². The molecule has 7 nitrogen and oxygen atoms in total. The summed E-state index contributed by atoms with van der Waals surface area (Å²) in [6.07, 6.45) is 3.16. The number of ether oxygens (including phenoxy) is 1. The molecule has 0 spiro atoms. The summed E-state index contributed by atoms with van der Waals surface area (Å²) in [5.74, 6) is 0.841. The first kappa shape index (κ1) is 13.8. The fourth-order valence-electron chi connectivity index (χ4n) is 2.30. The van der Waals surface area contributed by atoms with Crippen molar-refractivity contribution in [3.63, 3.8) is 0 Å². The van der Waals surface area contributed by atoms with Gasteiger partial charge in [-0.05, 0) is 26.7 Å². The standard InChI is InChI=1S/C12H21N5O2/c1-3-19-12(18)17-6-4-10(5-7-17)15-9(2)11-13-8-14-16-11/h8-10,15H,3-7H2,1-2H3,(H,13,14,16).